The van der Waals surface area contributed by atoms with Crippen LogP contribution in [0.5, 0.6) is 0 Å². The van der Waals surface area contributed by atoms with Gasteiger partial charge in [-0.05, 0) is 39.0 Å². The Hall–Kier alpha value is -1.36. The fourth-order valence-electron chi connectivity index (χ4n) is 2.43. The van der Waals surface area contributed by atoms with Crippen molar-refractivity contribution in [2.45, 2.75) is 58.1 Å². The van der Waals surface area contributed by atoms with Crippen molar-refractivity contribution in [2.75, 3.05) is 17.2 Å². The maximum absolute atomic E-state index is 9.53. The maximum atomic E-state index is 9.53. The molecule has 0 aliphatic heterocycles. The lowest BCUT2D eigenvalue weighted by Crippen LogP contribution is -2.29. The Morgan fingerprint density at radius 1 is 1.21 bits per heavy atom. The van der Waals surface area contributed by atoms with Crippen molar-refractivity contribution < 1.29 is 5.11 Å². The van der Waals surface area contributed by atoms with Gasteiger partial charge in [0.25, 0.3) is 0 Å². The minimum absolute atomic E-state index is 0.119. The van der Waals surface area contributed by atoms with Gasteiger partial charge in [0.1, 0.15) is 18.0 Å². The smallest absolute Gasteiger partial charge is 0.134 e. The number of aromatic nitrogens is 2. The van der Waals surface area contributed by atoms with Gasteiger partial charge in [-0.25, -0.2) is 9.97 Å². The van der Waals surface area contributed by atoms with Crippen molar-refractivity contribution in [1.29, 1.82) is 0 Å². The second-order valence-corrected chi connectivity index (χ2v) is 5.27. The van der Waals surface area contributed by atoms with E-state index in [1.165, 1.54) is 0 Å². The van der Waals surface area contributed by atoms with Crippen LogP contribution < -0.4 is 10.6 Å². The normalized spacial score (nSPS) is 23.1. The molecule has 0 saturated heterocycles. The van der Waals surface area contributed by atoms with Crippen LogP contribution in [0.1, 0.15) is 44.6 Å². The fraction of sp³-hybridized carbons (Fsp3) is 0.714. The lowest BCUT2D eigenvalue weighted by Gasteiger charge is -2.27. The van der Waals surface area contributed by atoms with Gasteiger partial charge < -0.3 is 15.7 Å². The third-order valence-corrected chi connectivity index (χ3v) is 3.66. The van der Waals surface area contributed by atoms with Crippen molar-refractivity contribution in [3.05, 3.63) is 11.9 Å². The van der Waals surface area contributed by atoms with E-state index in [0.29, 0.717) is 6.04 Å². The Labute approximate surface area is 114 Å². The summed E-state index contributed by atoms with van der Waals surface area (Å²) in [6.07, 6.45) is 6.32. The first-order valence-electron chi connectivity index (χ1n) is 7.20. The van der Waals surface area contributed by atoms with E-state index in [4.69, 9.17) is 0 Å². The van der Waals surface area contributed by atoms with Crippen LogP contribution in [0.25, 0.3) is 0 Å². The fourth-order valence-corrected chi connectivity index (χ4v) is 2.43. The maximum Gasteiger partial charge on any atom is 0.134 e. The lowest BCUT2D eigenvalue weighted by molar-refractivity contribution is 0.126. The molecule has 0 spiro atoms. The van der Waals surface area contributed by atoms with E-state index in [2.05, 4.69) is 27.5 Å². The van der Waals surface area contributed by atoms with Crippen LogP contribution in [0.15, 0.2) is 6.33 Å². The molecule has 1 aromatic rings. The number of aliphatic hydroxyl groups excluding tert-OH is 1. The summed E-state index contributed by atoms with van der Waals surface area (Å²) >= 11 is 0. The first-order chi connectivity index (χ1) is 9.20. The molecular weight excluding hydrogens is 240 g/mol. The van der Waals surface area contributed by atoms with Crippen molar-refractivity contribution in [1.82, 2.24) is 9.97 Å². The Kier molecular flexibility index (Phi) is 4.96. The minimum atomic E-state index is -0.119. The first kappa shape index (κ1) is 14.1. The number of hydrogen-bond donors (Lipinski definition) is 3. The highest BCUT2D eigenvalue weighted by Crippen LogP contribution is 2.24. The molecule has 0 unspecified atom stereocenters. The van der Waals surface area contributed by atoms with E-state index in [0.717, 1.165) is 55.8 Å². The summed E-state index contributed by atoms with van der Waals surface area (Å²) in [4.78, 5) is 8.61. The summed E-state index contributed by atoms with van der Waals surface area (Å²) in [6, 6.07) is 0.413. The van der Waals surface area contributed by atoms with E-state index in [1.54, 1.807) is 6.33 Å². The molecule has 1 aromatic heterocycles. The molecule has 0 radical (unpaired) electrons. The Morgan fingerprint density at radius 3 is 2.58 bits per heavy atom. The molecule has 1 aliphatic rings. The van der Waals surface area contributed by atoms with Crippen LogP contribution in [0.4, 0.5) is 11.6 Å². The van der Waals surface area contributed by atoms with Gasteiger partial charge in [0.15, 0.2) is 0 Å². The molecule has 1 fully saturated rings. The molecule has 5 nitrogen and oxygen atoms in total. The number of anilines is 2. The summed E-state index contributed by atoms with van der Waals surface area (Å²) in [6.45, 7) is 5.10. The molecule has 106 valence electrons. The molecule has 3 N–H and O–H groups in total. The molecule has 1 saturated carbocycles. The van der Waals surface area contributed by atoms with Gasteiger partial charge in [-0.2, -0.15) is 0 Å². The number of aliphatic hydroxyl groups is 1. The third-order valence-electron chi connectivity index (χ3n) is 3.66. The quantitative estimate of drug-likeness (QED) is 0.761. The van der Waals surface area contributed by atoms with Gasteiger partial charge >= 0.3 is 0 Å². The highest BCUT2D eigenvalue weighted by Gasteiger charge is 2.20. The van der Waals surface area contributed by atoms with Crippen LogP contribution in [0, 0.1) is 6.92 Å². The third kappa shape index (κ3) is 3.80. The van der Waals surface area contributed by atoms with Gasteiger partial charge in [-0.15, -0.1) is 0 Å². The average Bonchev–Trinajstić information content (AvgIpc) is 2.42. The Bertz CT molecular complexity index is 402. The number of nitrogens with one attached hydrogen (secondary N) is 2. The van der Waals surface area contributed by atoms with E-state index < -0.39 is 0 Å². The zero-order valence-corrected chi connectivity index (χ0v) is 11.8. The van der Waals surface area contributed by atoms with Crippen LogP contribution in [-0.2, 0) is 0 Å². The van der Waals surface area contributed by atoms with E-state index in [9.17, 15) is 5.11 Å². The highest BCUT2D eigenvalue weighted by atomic mass is 16.3. The topological polar surface area (TPSA) is 70.1 Å². The molecule has 0 amide bonds. The summed E-state index contributed by atoms with van der Waals surface area (Å²) in [5.41, 5.74) is 1.07. The van der Waals surface area contributed by atoms with Crippen LogP contribution in [0.2, 0.25) is 0 Å². The van der Waals surface area contributed by atoms with Crippen molar-refractivity contribution in [3.63, 3.8) is 0 Å². The largest absolute Gasteiger partial charge is 0.393 e. The average molecular weight is 264 g/mol. The second kappa shape index (κ2) is 6.70. The molecule has 19 heavy (non-hydrogen) atoms. The van der Waals surface area contributed by atoms with Crippen LogP contribution in [-0.4, -0.2) is 33.8 Å². The molecule has 1 aliphatic carbocycles. The Morgan fingerprint density at radius 2 is 1.89 bits per heavy atom. The predicted molar refractivity (Wildman–Crippen MR) is 77.4 cm³/mol. The molecule has 5 heteroatoms. The monoisotopic (exact) mass is 264 g/mol. The highest BCUT2D eigenvalue weighted by molar-refractivity contribution is 5.56. The van der Waals surface area contributed by atoms with Crippen molar-refractivity contribution >= 4 is 11.6 Å². The summed E-state index contributed by atoms with van der Waals surface area (Å²) < 4.78 is 0. The van der Waals surface area contributed by atoms with E-state index in [-0.39, 0.29) is 6.10 Å². The molecule has 0 aromatic carbocycles. The number of hydrogen-bond acceptors (Lipinski definition) is 5. The first-order valence-corrected chi connectivity index (χ1v) is 7.20. The standard InChI is InChI=1S/C14H24N4O/c1-3-8-15-13-10(2)14(17-9-16-13)18-11-4-6-12(19)7-5-11/h9,11-12,19H,3-8H2,1-2H3,(H2,15,16,17,18). The van der Waals surface area contributed by atoms with Crippen LogP contribution >= 0.6 is 0 Å². The molecule has 0 atom stereocenters. The Balaban J connectivity index is 1.99. The van der Waals surface area contributed by atoms with E-state index in [1.807, 2.05) is 6.92 Å². The van der Waals surface area contributed by atoms with Crippen molar-refractivity contribution in [3.8, 4) is 0 Å². The molecule has 2 rings (SSSR count). The van der Waals surface area contributed by atoms with E-state index >= 15 is 0 Å². The molecule has 1 heterocycles. The second-order valence-electron chi connectivity index (χ2n) is 5.27. The SMILES string of the molecule is CCCNc1ncnc(NC2CCC(O)CC2)c1C. The predicted octanol–water partition coefficient (Wildman–Crippen LogP) is 2.32. The van der Waals surface area contributed by atoms with Crippen LogP contribution in [0.3, 0.4) is 0 Å². The summed E-state index contributed by atoms with van der Waals surface area (Å²) in [7, 11) is 0. The minimum Gasteiger partial charge on any atom is -0.393 e. The molecular formula is C14H24N4O. The van der Waals surface area contributed by atoms with Gasteiger partial charge in [0.2, 0.25) is 0 Å². The number of nitrogens with zero attached hydrogens (tertiary/aromatic N) is 2. The summed E-state index contributed by atoms with van der Waals surface area (Å²) in [5, 5.41) is 16.3. The van der Waals surface area contributed by atoms with Gasteiger partial charge in [-0.3, -0.25) is 0 Å². The van der Waals surface area contributed by atoms with Gasteiger partial charge in [0.05, 0.1) is 6.10 Å². The zero-order chi connectivity index (χ0) is 13.7. The van der Waals surface area contributed by atoms with Gasteiger partial charge in [0, 0.05) is 18.2 Å². The van der Waals surface area contributed by atoms with Gasteiger partial charge in [-0.1, -0.05) is 6.92 Å². The number of rotatable bonds is 5. The van der Waals surface area contributed by atoms with Crippen molar-refractivity contribution in [2.24, 2.45) is 0 Å². The summed E-state index contributed by atoms with van der Waals surface area (Å²) in [5.74, 6) is 1.82. The zero-order valence-electron chi connectivity index (χ0n) is 11.8. The molecule has 0 bridgehead atoms. The lowest BCUT2D eigenvalue weighted by atomic mass is 9.93.